The van der Waals surface area contributed by atoms with E-state index in [4.69, 9.17) is 16.1 Å². The zero-order valence-electron chi connectivity index (χ0n) is 17.0. The molecule has 4 aromatic rings. The molecule has 2 aromatic heterocycles. The topological polar surface area (TPSA) is 93.2 Å². The number of guanidine groups is 1. The Labute approximate surface area is 185 Å². The fraction of sp³-hybridized carbons (Fsp3) is 0.182. The van der Waals surface area contributed by atoms with Gasteiger partial charge >= 0.3 is 0 Å². The minimum atomic E-state index is 0.356. The molecule has 158 valence electrons. The molecule has 0 saturated heterocycles. The number of halogens is 1. The van der Waals surface area contributed by atoms with Crippen LogP contribution in [0.25, 0.3) is 11.4 Å². The monoisotopic (exact) mass is 435 g/mol. The Balaban J connectivity index is 1.33. The minimum absolute atomic E-state index is 0.356. The highest BCUT2D eigenvalue weighted by Gasteiger charge is 2.10. The lowest BCUT2D eigenvalue weighted by atomic mass is 10.1. The minimum Gasteiger partial charge on any atom is -0.352 e. The number of nitrogens with zero attached hydrogens (tertiary/aromatic N) is 5. The van der Waals surface area contributed by atoms with Crippen molar-refractivity contribution in [3.8, 4) is 11.4 Å². The van der Waals surface area contributed by atoms with Crippen molar-refractivity contribution >= 4 is 17.6 Å². The second-order valence-corrected chi connectivity index (χ2v) is 7.21. The first kappa shape index (κ1) is 20.6. The summed E-state index contributed by atoms with van der Waals surface area (Å²) in [5, 5.41) is 15.5. The Morgan fingerprint density at radius 2 is 1.81 bits per heavy atom. The van der Waals surface area contributed by atoms with E-state index in [1.54, 1.807) is 25.4 Å². The normalized spacial score (nSPS) is 11.5. The molecule has 0 aliphatic rings. The average Bonchev–Trinajstić information content (AvgIpc) is 3.48. The first-order valence-electron chi connectivity index (χ1n) is 9.78. The number of hydrogen-bond acceptors (Lipinski definition) is 5. The molecule has 31 heavy (non-hydrogen) atoms. The molecule has 0 spiro atoms. The van der Waals surface area contributed by atoms with Crippen LogP contribution in [0, 0.1) is 0 Å². The standard InChI is InChI=1S/C22H22ClN7O/c1-24-22(25-13-17-5-2-3-6-18(17)15-30-12-4-11-27-30)26-14-20-28-21(29-31-20)16-7-9-19(23)10-8-16/h2-12H,13-15H2,1H3,(H2,24,25,26). The van der Waals surface area contributed by atoms with Crippen molar-refractivity contribution in [1.82, 2.24) is 30.6 Å². The third kappa shape index (κ3) is 5.49. The summed E-state index contributed by atoms with van der Waals surface area (Å²) >= 11 is 5.93. The van der Waals surface area contributed by atoms with Gasteiger partial charge in [0.1, 0.15) is 0 Å². The van der Waals surface area contributed by atoms with E-state index in [9.17, 15) is 0 Å². The lowest BCUT2D eigenvalue weighted by Gasteiger charge is -2.13. The molecule has 2 heterocycles. The summed E-state index contributed by atoms with van der Waals surface area (Å²) in [4.78, 5) is 8.69. The van der Waals surface area contributed by atoms with Gasteiger partial charge in [-0.2, -0.15) is 10.1 Å². The van der Waals surface area contributed by atoms with E-state index in [0.29, 0.717) is 42.3 Å². The molecule has 0 aliphatic heterocycles. The number of aliphatic imine (C=N–C) groups is 1. The van der Waals surface area contributed by atoms with Gasteiger partial charge in [-0.25, -0.2) is 0 Å². The molecule has 8 nitrogen and oxygen atoms in total. The predicted molar refractivity (Wildman–Crippen MR) is 120 cm³/mol. The van der Waals surface area contributed by atoms with Gasteiger partial charge in [0.05, 0.1) is 13.1 Å². The third-order valence-electron chi connectivity index (χ3n) is 4.66. The molecule has 0 saturated carbocycles. The highest BCUT2D eigenvalue weighted by molar-refractivity contribution is 6.30. The van der Waals surface area contributed by atoms with E-state index >= 15 is 0 Å². The van der Waals surface area contributed by atoms with Gasteiger partial charge in [-0.05, 0) is 41.5 Å². The zero-order chi connectivity index (χ0) is 21.5. The first-order chi connectivity index (χ1) is 15.2. The summed E-state index contributed by atoms with van der Waals surface area (Å²) in [7, 11) is 1.72. The van der Waals surface area contributed by atoms with E-state index in [-0.39, 0.29) is 0 Å². The number of benzene rings is 2. The van der Waals surface area contributed by atoms with Crippen molar-refractivity contribution in [1.29, 1.82) is 0 Å². The molecule has 0 atom stereocenters. The second kappa shape index (κ2) is 9.90. The summed E-state index contributed by atoms with van der Waals surface area (Å²) in [5.74, 6) is 1.62. The molecule has 0 amide bonds. The van der Waals surface area contributed by atoms with Crippen LogP contribution in [0.15, 0.2) is 76.5 Å². The predicted octanol–water partition coefficient (Wildman–Crippen LogP) is 3.50. The zero-order valence-corrected chi connectivity index (χ0v) is 17.8. The van der Waals surface area contributed by atoms with Crippen LogP contribution in [0.5, 0.6) is 0 Å². The molecule has 0 unspecified atom stereocenters. The first-order valence-corrected chi connectivity index (χ1v) is 10.2. The molecule has 0 fully saturated rings. The Morgan fingerprint density at radius 3 is 2.55 bits per heavy atom. The maximum atomic E-state index is 5.93. The van der Waals surface area contributed by atoms with Crippen molar-refractivity contribution in [2.45, 2.75) is 19.6 Å². The average molecular weight is 436 g/mol. The van der Waals surface area contributed by atoms with Crippen LogP contribution < -0.4 is 10.6 Å². The highest BCUT2D eigenvalue weighted by Crippen LogP contribution is 2.18. The summed E-state index contributed by atoms with van der Waals surface area (Å²) in [6.07, 6.45) is 3.73. The SMILES string of the molecule is CN=C(NCc1nc(-c2ccc(Cl)cc2)no1)NCc1ccccc1Cn1cccn1. The number of aromatic nitrogens is 4. The van der Waals surface area contributed by atoms with Crippen LogP contribution in [-0.2, 0) is 19.6 Å². The second-order valence-electron chi connectivity index (χ2n) is 6.77. The van der Waals surface area contributed by atoms with Crippen molar-refractivity contribution in [3.05, 3.63) is 89.0 Å². The van der Waals surface area contributed by atoms with E-state index in [0.717, 1.165) is 5.56 Å². The van der Waals surface area contributed by atoms with Crippen molar-refractivity contribution in [3.63, 3.8) is 0 Å². The van der Waals surface area contributed by atoms with Gasteiger partial charge in [0, 0.05) is 36.6 Å². The highest BCUT2D eigenvalue weighted by atomic mass is 35.5. The summed E-state index contributed by atoms with van der Waals surface area (Å²) in [6, 6.07) is 17.5. The van der Waals surface area contributed by atoms with Gasteiger partial charge in [0.2, 0.25) is 11.7 Å². The lowest BCUT2D eigenvalue weighted by molar-refractivity contribution is 0.375. The van der Waals surface area contributed by atoms with E-state index < -0.39 is 0 Å². The van der Waals surface area contributed by atoms with Crippen LogP contribution in [0.1, 0.15) is 17.0 Å². The Morgan fingerprint density at radius 1 is 1.03 bits per heavy atom. The maximum absolute atomic E-state index is 5.93. The van der Waals surface area contributed by atoms with Crippen molar-refractivity contribution in [2.24, 2.45) is 4.99 Å². The van der Waals surface area contributed by atoms with Gasteiger partial charge in [-0.1, -0.05) is 41.0 Å². The number of nitrogens with one attached hydrogen (secondary N) is 2. The summed E-state index contributed by atoms with van der Waals surface area (Å²) in [5.41, 5.74) is 3.21. The smallest absolute Gasteiger partial charge is 0.246 e. The molecule has 0 radical (unpaired) electrons. The van der Waals surface area contributed by atoms with Gasteiger partial charge in [-0.15, -0.1) is 0 Å². The van der Waals surface area contributed by atoms with E-state index in [1.165, 1.54) is 11.1 Å². The fourth-order valence-corrected chi connectivity index (χ4v) is 3.18. The Bertz CT molecular complexity index is 1140. The maximum Gasteiger partial charge on any atom is 0.246 e. The van der Waals surface area contributed by atoms with Crippen LogP contribution in [0.3, 0.4) is 0 Å². The molecular formula is C22H22ClN7O. The van der Waals surface area contributed by atoms with Crippen LogP contribution in [0.4, 0.5) is 0 Å². The molecule has 2 N–H and O–H groups in total. The van der Waals surface area contributed by atoms with Crippen LogP contribution >= 0.6 is 11.6 Å². The van der Waals surface area contributed by atoms with Crippen molar-refractivity contribution < 1.29 is 4.52 Å². The van der Waals surface area contributed by atoms with Gasteiger partial charge in [0.15, 0.2) is 5.96 Å². The molecule has 4 rings (SSSR count). The summed E-state index contributed by atoms with van der Waals surface area (Å²) < 4.78 is 7.24. The van der Waals surface area contributed by atoms with E-state index in [1.807, 2.05) is 41.2 Å². The quantitative estimate of drug-likeness (QED) is 0.341. The summed E-state index contributed by atoms with van der Waals surface area (Å²) in [6.45, 7) is 1.69. The lowest BCUT2D eigenvalue weighted by Crippen LogP contribution is -2.36. The van der Waals surface area contributed by atoms with Crippen LogP contribution in [-0.4, -0.2) is 32.9 Å². The number of rotatable bonds is 7. The molecule has 2 aromatic carbocycles. The van der Waals surface area contributed by atoms with Gasteiger partial charge in [0.25, 0.3) is 0 Å². The Kier molecular flexibility index (Phi) is 6.59. The van der Waals surface area contributed by atoms with Gasteiger partial charge in [-0.3, -0.25) is 9.67 Å². The molecule has 0 aliphatic carbocycles. The molecule has 0 bridgehead atoms. The molecular weight excluding hydrogens is 414 g/mol. The van der Waals surface area contributed by atoms with Crippen molar-refractivity contribution in [2.75, 3.05) is 7.05 Å². The van der Waals surface area contributed by atoms with Gasteiger partial charge < -0.3 is 15.2 Å². The fourth-order valence-electron chi connectivity index (χ4n) is 3.05. The van der Waals surface area contributed by atoms with E-state index in [2.05, 4.69) is 43.0 Å². The Hall–Kier alpha value is -3.65. The largest absolute Gasteiger partial charge is 0.352 e. The van der Waals surface area contributed by atoms with Crippen LogP contribution in [0.2, 0.25) is 5.02 Å². The number of hydrogen-bond donors (Lipinski definition) is 2. The molecule has 9 heteroatoms. The third-order valence-corrected chi connectivity index (χ3v) is 4.91.